The smallest absolute Gasteiger partial charge is 0.421 e. The van der Waals surface area contributed by atoms with Gasteiger partial charge >= 0.3 is 12.1 Å². The maximum atomic E-state index is 12.4. The first-order chi connectivity index (χ1) is 10.5. The molecular weight excluding hydrogens is 310 g/mol. The first kappa shape index (κ1) is 16.0. The molecule has 0 bridgehead atoms. The van der Waals surface area contributed by atoms with Crippen molar-refractivity contribution < 1.29 is 23.9 Å². The van der Waals surface area contributed by atoms with Gasteiger partial charge in [-0.25, -0.2) is 14.5 Å². The molecule has 1 aromatic rings. The summed E-state index contributed by atoms with van der Waals surface area (Å²) >= 11 is 5.93. The van der Waals surface area contributed by atoms with Gasteiger partial charge in [0.15, 0.2) is 0 Å². The summed E-state index contributed by atoms with van der Waals surface area (Å²) < 4.78 is 9.68. The maximum absolute atomic E-state index is 12.4. The Hall–Kier alpha value is -2.34. The summed E-state index contributed by atoms with van der Waals surface area (Å²) in [6, 6.07) is 4.59. The summed E-state index contributed by atoms with van der Waals surface area (Å²) in [5, 5.41) is 0.381. The largest absolute Gasteiger partial charge is 0.463 e. The molecule has 2 rings (SSSR count). The number of rotatable bonds is 3. The number of imide groups is 1. The van der Waals surface area contributed by atoms with Crippen LogP contribution in [0.4, 0.5) is 10.5 Å². The third-order valence-electron chi connectivity index (χ3n) is 2.92. The lowest BCUT2D eigenvalue weighted by molar-refractivity contribution is -0.137. The highest BCUT2D eigenvalue weighted by molar-refractivity contribution is 6.41. The van der Waals surface area contributed by atoms with E-state index in [-0.39, 0.29) is 18.8 Å². The summed E-state index contributed by atoms with van der Waals surface area (Å²) in [5.74, 6) is -1.31. The molecule has 6 nitrogen and oxygen atoms in total. The molecule has 0 saturated carbocycles. The van der Waals surface area contributed by atoms with Crippen molar-refractivity contribution in [3.63, 3.8) is 0 Å². The highest BCUT2D eigenvalue weighted by atomic mass is 35.5. The number of carbonyl (C=O) groups is 3. The molecule has 1 aliphatic rings. The Balaban J connectivity index is 2.50. The molecule has 0 radical (unpaired) electrons. The fraction of sp³-hybridized carbons (Fsp3) is 0.267. The number of esters is 1. The number of halogens is 1. The first-order valence-corrected chi connectivity index (χ1v) is 7.07. The van der Waals surface area contributed by atoms with Crippen LogP contribution in [0.15, 0.2) is 24.3 Å². The second kappa shape index (κ2) is 6.62. The van der Waals surface area contributed by atoms with Crippen molar-refractivity contribution in [2.45, 2.75) is 13.8 Å². The van der Waals surface area contributed by atoms with Crippen LogP contribution in [0.1, 0.15) is 19.4 Å². The van der Waals surface area contributed by atoms with Crippen LogP contribution in [0.3, 0.4) is 0 Å². The van der Waals surface area contributed by atoms with Gasteiger partial charge in [-0.1, -0.05) is 11.6 Å². The van der Waals surface area contributed by atoms with E-state index in [2.05, 4.69) is 0 Å². The molecule has 0 N–H and O–H groups in total. The zero-order valence-corrected chi connectivity index (χ0v) is 12.8. The van der Waals surface area contributed by atoms with Crippen LogP contribution < -0.4 is 4.90 Å². The maximum Gasteiger partial charge on any atom is 0.421 e. The van der Waals surface area contributed by atoms with Gasteiger partial charge < -0.3 is 9.47 Å². The normalized spacial score (nSPS) is 15.0. The molecule has 0 fully saturated rings. The van der Waals surface area contributed by atoms with E-state index in [4.69, 9.17) is 21.1 Å². The third kappa shape index (κ3) is 2.96. The first-order valence-electron chi connectivity index (χ1n) is 6.69. The van der Waals surface area contributed by atoms with Crippen LogP contribution in [0.2, 0.25) is 5.02 Å². The molecule has 0 aromatic heterocycles. The van der Waals surface area contributed by atoms with Crippen molar-refractivity contribution >= 4 is 40.8 Å². The Morgan fingerprint density at radius 2 is 1.91 bits per heavy atom. The van der Waals surface area contributed by atoms with E-state index in [0.29, 0.717) is 16.3 Å². The van der Waals surface area contributed by atoms with E-state index in [1.54, 1.807) is 19.9 Å². The predicted octanol–water partition coefficient (Wildman–Crippen LogP) is 2.79. The number of fused-ring (bicyclic) bond motifs is 1. The lowest BCUT2D eigenvalue weighted by atomic mass is 10.1. The molecule has 0 aliphatic carbocycles. The number of hydrogen-bond acceptors (Lipinski definition) is 5. The van der Waals surface area contributed by atoms with Gasteiger partial charge in [-0.15, -0.1) is 0 Å². The summed E-state index contributed by atoms with van der Waals surface area (Å²) in [7, 11) is 0. The molecule has 0 spiro atoms. The number of amides is 2. The fourth-order valence-corrected chi connectivity index (χ4v) is 2.25. The van der Waals surface area contributed by atoms with Gasteiger partial charge in [0.05, 0.1) is 24.5 Å². The van der Waals surface area contributed by atoms with Crippen molar-refractivity contribution in [1.29, 1.82) is 0 Å². The van der Waals surface area contributed by atoms with E-state index in [9.17, 15) is 14.4 Å². The molecular formula is C15H14ClNO5. The monoisotopic (exact) mass is 323 g/mol. The molecule has 1 aromatic carbocycles. The summed E-state index contributed by atoms with van der Waals surface area (Å²) in [5.41, 5.74) is 0.756. The quantitative estimate of drug-likeness (QED) is 0.631. The van der Waals surface area contributed by atoms with Crippen LogP contribution >= 0.6 is 11.6 Å². The van der Waals surface area contributed by atoms with Crippen molar-refractivity contribution in [2.24, 2.45) is 0 Å². The van der Waals surface area contributed by atoms with Gasteiger partial charge in [-0.2, -0.15) is 0 Å². The van der Waals surface area contributed by atoms with E-state index >= 15 is 0 Å². The minimum absolute atomic E-state index is 0.0454. The Morgan fingerprint density at radius 1 is 1.23 bits per heavy atom. The van der Waals surface area contributed by atoms with Gasteiger partial charge in [0.25, 0.3) is 5.91 Å². The predicted molar refractivity (Wildman–Crippen MR) is 80.6 cm³/mol. The van der Waals surface area contributed by atoms with Gasteiger partial charge in [0, 0.05) is 16.7 Å². The molecule has 0 unspecified atom stereocenters. The topological polar surface area (TPSA) is 72.9 Å². The van der Waals surface area contributed by atoms with E-state index in [1.807, 2.05) is 0 Å². The van der Waals surface area contributed by atoms with Crippen molar-refractivity contribution in [3.05, 3.63) is 34.9 Å². The average Bonchev–Trinajstić information content (AvgIpc) is 2.72. The summed E-state index contributed by atoms with van der Waals surface area (Å²) in [6.07, 6.45) is 0.253. The minimum atomic E-state index is -0.802. The molecule has 0 saturated heterocycles. The highest BCUT2D eigenvalue weighted by Gasteiger charge is 2.38. The van der Waals surface area contributed by atoms with Crippen LogP contribution in [-0.4, -0.2) is 31.2 Å². The van der Waals surface area contributed by atoms with Crippen LogP contribution in [0, 0.1) is 0 Å². The van der Waals surface area contributed by atoms with Gasteiger partial charge in [0.1, 0.15) is 0 Å². The molecule has 7 heteroatoms. The van der Waals surface area contributed by atoms with E-state index in [1.165, 1.54) is 12.1 Å². The Bertz CT molecular complexity index is 668. The van der Waals surface area contributed by atoms with Gasteiger partial charge in [0.2, 0.25) is 0 Å². The van der Waals surface area contributed by atoms with Crippen molar-refractivity contribution in [3.8, 4) is 0 Å². The van der Waals surface area contributed by atoms with Gasteiger partial charge in [-0.3, -0.25) is 4.79 Å². The number of carbonyl (C=O) groups excluding carboxylic acids is 3. The second-order valence-corrected chi connectivity index (χ2v) is 4.75. The minimum Gasteiger partial charge on any atom is -0.463 e. The Labute approximate surface area is 132 Å². The number of hydrogen-bond donors (Lipinski definition) is 0. The number of nitrogens with zero attached hydrogens (tertiary/aromatic N) is 1. The molecule has 116 valence electrons. The summed E-state index contributed by atoms with van der Waals surface area (Å²) in [6.45, 7) is 3.60. The molecule has 1 aliphatic heterocycles. The van der Waals surface area contributed by atoms with Crippen LogP contribution in [0.5, 0.6) is 0 Å². The Kier molecular flexibility index (Phi) is 4.82. The lowest BCUT2D eigenvalue weighted by Crippen LogP contribution is -2.34. The summed E-state index contributed by atoms with van der Waals surface area (Å²) in [4.78, 5) is 36.9. The second-order valence-electron chi connectivity index (χ2n) is 4.31. The van der Waals surface area contributed by atoms with Crippen molar-refractivity contribution in [2.75, 3.05) is 18.1 Å². The van der Waals surface area contributed by atoms with E-state index in [0.717, 1.165) is 11.0 Å². The highest BCUT2D eigenvalue weighted by Crippen LogP contribution is 2.38. The standard InChI is InChI=1S/C15H14ClNO5/c1-3-21-13(18)8-11-10-7-9(16)5-6-12(10)17(14(11)19)15(20)22-4-2/h5-8H,3-4H2,1-2H3/b11-8+. The zero-order valence-electron chi connectivity index (χ0n) is 12.1. The number of anilines is 1. The molecule has 0 atom stereocenters. The number of benzene rings is 1. The number of ether oxygens (including phenoxy) is 2. The molecule has 2 amide bonds. The molecule has 1 heterocycles. The van der Waals surface area contributed by atoms with Crippen LogP contribution in [-0.2, 0) is 19.1 Å². The van der Waals surface area contributed by atoms with Crippen LogP contribution in [0.25, 0.3) is 5.57 Å². The van der Waals surface area contributed by atoms with Crippen molar-refractivity contribution in [1.82, 2.24) is 0 Å². The zero-order chi connectivity index (χ0) is 16.3. The fourth-order valence-electron chi connectivity index (χ4n) is 2.07. The lowest BCUT2D eigenvalue weighted by Gasteiger charge is -2.14. The Morgan fingerprint density at radius 3 is 2.55 bits per heavy atom. The molecule has 22 heavy (non-hydrogen) atoms. The average molecular weight is 324 g/mol. The van der Waals surface area contributed by atoms with Gasteiger partial charge in [-0.05, 0) is 32.0 Å². The van der Waals surface area contributed by atoms with E-state index < -0.39 is 18.0 Å². The SMILES string of the molecule is CCOC(=O)/C=C1/C(=O)N(C(=O)OCC)c2ccc(Cl)cc21. The third-order valence-corrected chi connectivity index (χ3v) is 3.16.